The Labute approximate surface area is 151 Å². The molecule has 0 aliphatic heterocycles. The summed E-state index contributed by atoms with van der Waals surface area (Å²) >= 11 is 6.26. The number of carbonyl (C=O) groups is 1. The molecule has 1 saturated carbocycles. The number of nitrogens with zero attached hydrogens (tertiary/aromatic N) is 1. The largest absolute Gasteiger partial charge is 0.496 e. The maximum atomic E-state index is 13.4. The second kappa shape index (κ2) is 7.83. The van der Waals surface area contributed by atoms with Crippen LogP contribution in [0.2, 0.25) is 5.02 Å². The number of hydrogen-bond donors (Lipinski definition) is 1. The molecule has 6 heteroatoms. The lowest BCUT2D eigenvalue weighted by molar-refractivity contribution is -0.120. The molecule has 0 unspecified atom stereocenters. The number of halogens is 2. The first-order valence-corrected chi connectivity index (χ1v) is 8.76. The van der Waals surface area contributed by atoms with Crippen molar-refractivity contribution < 1.29 is 13.9 Å². The van der Waals surface area contributed by atoms with Crippen LogP contribution < -0.4 is 10.1 Å². The van der Waals surface area contributed by atoms with E-state index in [1.54, 1.807) is 12.1 Å². The number of benzene rings is 1. The second-order valence-corrected chi connectivity index (χ2v) is 6.63. The molecule has 1 heterocycles. The summed E-state index contributed by atoms with van der Waals surface area (Å²) in [5, 5.41) is 3.28. The van der Waals surface area contributed by atoms with E-state index >= 15 is 0 Å². The fraction of sp³-hybridized carbons (Fsp3) is 0.368. The summed E-state index contributed by atoms with van der Waals surface area (Å²) in [5.41, 5.74) is 1.27. The van der Waals surface area contributed by atoms with Gasteiger partial charge in [0.15, 0.2) is 0 Å². The molecular weight excluding hydrogens is 343 g/mol. The van der Waals surface area contributed by atoms with Gasteiger partial charge in [0.1, 0.15) is 17.4 Å². The SMILES string of the molecule is COc1cc(F)ccc1-c1cc(NC(=O)C2CCCCC2)ncc1Cl. The first kappa shape index (κ1) is 17.7. The van der Waals surface area contributed by atoms with Crippen molar-refractivity contribution in [2.24, 2.45) is 5.92 Å². The van der Waals surface area contributed by atoms with Gasteiger partial charge in [-0.25, -0.2) is 9.37 Å². The molecule has 1 amide bonds. The number of pyridine rings is 1. The molecule has 1 N–H and O–H groups in total. The zero-order valence-electron chi connectivity index (χ0n) is 14.0. The van der Waals surface area contributed by atoms with E-state index in [-0.39, 0.29) is 11.8 Å². The summed E-state index contributed by atoms with van der Waals surface area (Å²) in [4.78, 5) is 16.6. The van der Waals surface area contributed by atoms with Crippen LogP contribution in [0.25, 0.3) is 11.1 Å². The normalized spacial score (nSPS) is 15.0. The van der Waals surface area contributed by atoms with E-state index in [1.165, 1.54) is 31.9 Å². The topological polar surface area (TPSA) is 51.2 Å². The average Bonchev–Trinajstić information content (AvgIpc) is 2.64. The van der Waals surface area contributed by atoms with E-state index in [0.717, 1.165) is 25.7 Å². The van der Waals surface area contributed by atoms with Gasteiger partial charge in [-0.2, -0.15) is 0 Å². The van der Waals surface area contributed by atoms with Crippen molar-refractivity contribution in [1.29, 1.82) is 0 Å². The van der Waals surface area contributed by atoms with Crippen molar-refractivity contribution >= 4 is 23.3 Å². The number of methoxy groups -OCH3 is 1. The summed E-state index contributed by atoms with van der Waals surface area (Å²) in [6, 6.07) is 5.93. The lowest BCUT2D eigenvalue weighted by Crippen LogP contribution is -2.25. The van der Waals surface area contributed by atoms with E-state index in [0.29, 0.717) is 27.7 Å². The van der Waals surface area contributed by atoms with Crippen molar-refractivity contribution in [3.05, 3.63) is 41.3 Å². The fourth-order valence-electron chi connectivity index (χ4n) is 3.19. The monoisotopic (exact) mass is 362 g/mol. The molecule has 1 aliphatic rings. The molecule has 4 nitrogen and oxygen atoms in total. The van der Waals surface area contributed by atoms with Crippen LogP contribution in [0.1, 0.15) is 32.1 Å². The quantitative estimate of drug-likeness (QED) is 0.826. The van der Waals surface area contributed by atoms with E-state index in [9.17, 15) is 9.18 Å². The summed E-state index contributed by atoms with van der Waals surface area (Å²) in [5.74, 6) is 0.442. The molecule has 25 heavy (non-hydrogen) atoms. The molecule has 0 radical (unpaired) electrons. The molecule has 1 aromatic carbocycles. The molecule has 0 saturated heterocycles. The minimum atomic E-state index is -0.392. The number of nitrogens with one attached hydrogen (secondary N) is 1. The number of amides is 1. The van der Waals surface area contributed by atoms with Gasteiger partial charge in [0.05, 0.1) is 12.1 Å². The van der Waals surface area contributed by atoms with Gasteiger partial charge in [0.2, 0.25) is 5.91 Å². The van der Waals surface area contributed by atoms with E-state index in [2.05, 4.69) is 10.3 Å². The van der Waals surface area contributed by atoms with Crippen LogP contribution in [0, 0.1) is 11.7 Å². The molecule has 1 aromatic heterocycles. The second-order valence-electron chi connectivity index (χ2n) is 6.22. The molecule has 1 fully saturated rings. The maximum Gasteiger partial charge on any atom is 0.228 e. The molecular formula is C19H20ClFN2O2. The average molecular weight is 363 g/mol. The minimum absolute atomic E-state index is 0.00783. The predicted molar refractivity (Wildman–Crippen MR) is 96.4 cm³/mol. The smallest absolute Gasteiger partial charge is 0.228 e. The first-order valence-electron chi connectivity index (χ1n) is 8.39. The van der Waals surface area contributed by atoms with Gasteiger partial charge in [-0.3, -0.25) is 4.79 Å². The van der Waals surface area contributed by atoms with Gasteiger partial charge in [-0.15, -0.1) is 0 Å². The number of rotatable bonds is 4. The summed E-state index contributed by atoms with van der Waals surface area (Å²) in [6.07, 6.45) is 6.68. The van der Waals surface area contributed by atoms with Crippen LogP contribution >= 0.6 is 11.6 Å². The Bertz CT molecular complexity index is 776. The molecule has 0 spiro atoms. The molecule has 132 valence electrons. The Balaban J connectivity index is 1.87. The number of ether oxygens (including phenoxy) is 1. The number of aromatic nitrogens is 1. The van der Waals surface area contributed by atoms with Crippen molar-refractivity contribution in [1.82, 2.24) is 4.98 Å². The highest BCUT2D eigenvalue weighted by atomic mass is 35.5. The standard InChI is InChI=1S/C19H20ClFN2O2/c1-25-17-9-13(21)7-8-14(17)15-10-18(22-11-16(15)20)23-19(24)12-5-3-2-4-6-12/h7-12H,2-6H2,1H3,(H,22,23,24). The van der Waals surface area contributed by atoms with Gasteiger partial charge in [-0.1, -0.05) is 30.9 Å². The minimum Gasteiger partial charge on any atom is -0.496 e. The Kier molecular flexibility index (Phi) is 5.53. The van der Waals surface area contributed by atoms with Crippen molar-refractivity contribution in [2.75, 3.05) is 12.4 Å². The van der Waals surface area contributed by atoms with Crippen molar-refractivity contribution in [3.8, 4) is 16.9 Å². The summed E-state index contributed by atoms with van der Waals surface area (Å²) < 4.78 is 18.7. The third kappa shape index (κ3) is 4.10. The lowest BCUT2D eigenvalue weighted by atomic mass is 9.89. The van der Waals surface area contributed by atoms with Gasteiger partial charge in [0, 0.05) is 29.3 Å². The maximum absolute atomic E-state index is 13.4. The number of hydrogen-bond acceptors (Lipinski definition) is 3. The highest BCUT2D eigenvalue weighted by Crippen LogP contribution is 2.36. The Morgan fingerprint density at radius 2 is 2.00 bits per heavy atom. The third-order valence-electron chi connectivity index (χ3n) is 4.54. The van der Waals surface area contributed by atoms with Crippen LogP contribution in [0.5, 0.6) is 5.75 Å². The number of anilines is 1. The van der Waals surface area contributed by atoms with Crippen LogP contribution in [-0.4, -0.2) is 18.0 Å². The third-order valence-corrected chi connectivity index (χ3v) is 4.84. The van der Waals surface area contributed by atoms with E-state index in [4.69, 9.17) is 16.3 Å². The highest BCUT2D eigenvalue weighted by Gasteiger charge is 2.22. The van der Waals surface area contributed by atoms with Gasteiger partial charge >= 0.3 is 0 Å². The van der Waals surface area contributed by atoms with Gasteiger partial charge < -0.3 is 10.1 Å². The Hall–Kier alpha value is -2.14. The molecule has 3 rings (SSSR count). The van der Waals surface area contributed by atoms with Crippen molar-refractivity contribution in [2.45, 2.75) is 32.1 Å². The summed E-state index contributed by atoms with van der Waals surface area (Å²) in [6.45, 7) is 0. The van der Waals surface area contributed by atoms with Crippen LogP contribution in [0.4, 0.5) is 10.2 Å². The highest BCUT2D eigenvalue weighted by molar-refractivity contribution is 6.33. The first-order chi connectivity index (χ1) is 12.1. The van der Waals surface area contributed by atoms with Crippen molar-refractivity contribution in [3.63, 3.8) is 0 Å². The van der Waals surface area contributed by atoms with Crippen LogP contribution in [0.15, 0.2) is 30.5 Å². The van der Waals surface area contributed by atoms with E-state index < -0.39 is 5.82 Å². The van der Waals surface area contributed by atoms with E-state index in [1.807, 2.05) is 0 Å². The molecule has 0 bridgehead atoms. The van der Waals surface area contributed by atoms with Gasteiger partial charge in [-0.05, 0) is 31.0 Å². The van der Waals surface area contributed by atoms with Crippen LogP contribution in [-0.2, 0) is 4.79 Å². The Morgan fingerprint density at radius 3 is 2.72 bits per heavy atom. The fourth-order valence-corrected chi connectivity index (χ4v) is 3.40. The molecule has 1 aliphatic carbocycles. The Morgan fingerprint density at radius 1 is 1.24 bits per heavy atom. The summed E-state index contributed by atoms with van der Waals surface area (Å²) in [7, 11) is 1.47. The zero-order valence-corrected chi connectivity index (χ0v) is 14.8. The van der Waals surface area contributed by atoms with Crippen LogP contribution in [0.3, 0.4) is 0 Å². The van der Waals surface area contributed by atoms with Gasteiger partial charge in [0.25, 0.3) is 0 Å². The predicted octanol–water partition coefficient (Wildman–Crippen LogP) is 5.07. The molecule has 2 aromatic rings. The number of carbonyl (C=O) groups excluding carboxylic acids is 1. The lowest BCUT2D eigenvalue weighted by Gasteiger charge is -2.20. The molecule has 0 atom stereocenters. The zero-order chi connectivity index (χ0) is 17.8.